The van der Waals surface area contributed by atoms with Gasteiger partial charge >= 0.3 is 8.80 Å². The van der Waals surface area contributed by atoms with Crippen LogP contribution in [0.4, 0.5) is 0 Å². The van der Waals surface area contributed by atoms with E-state index in [9.17, 15) is 0 Å². The molecule has 114 valence electrons. The van der Waals surface area contributed by atoms with Gasteiger partial charge in [0.15, 0.2) is 0 Å². The molecule has 0 bridgehead atoms. The van der Waals surface area contributed by atoms with E-state index in [1.54, 1.807) is 0 Å². The van der Waals surface area contributed by atoms with Crippen molar-refractivity contribution in [1.82, 2.24) is 0 Å². The minimum atomic E-state index is -2.75. The fourth-order valence-electron chi connectivity index (χ4n) is 2.37. The molecule has 0 saturated carbocycles. The Bertz CT molecular complexity index is 383. The van der Waals surface area contributed by atoms with Gasteiger partial charge in [-0.25, -0.2) is 0 Å². The molecule has 5 heteroatoms. The summed E-state index contributed by atoms with van der Waals surface area (Å²) in [6, 6.07) is 8.15. The first-order valence-electron chi connectivity index (χ1n) is 7.20. The summed E-state index contributed by atoms with van der Waals surface area (Å²) >= 11 is 6.05. The molecule has 1 atom stereocenters. The van der Waals surface area contributed by atoms with Crippen LogP contribution < -0.4 is 0 Å². The molecule has 1 rings (SSSR count). The highest BCUT2D eigenvalue weighted by atomic mass is 35.5. The lowest BCUT2D eigenvalue weighted by Gasteiger charge is -2.34. The predicted molar refractivity (Wildman–Crippen MR) is 85.0 cm³/mol. The zero-order valence-corrected chi connectivity index (χ0v) is 14.6. The third-order valence-corrected chi connectivity index (χ3v) is 6.97. The van der Waals surface area contributed by atoms with Gasteiger partial charge in [0.2, 0.25) is 0 Å². The predicted octanol–water partition coefficient (Wildman–Crippen LogP) is 4.12. The first-order chi connectivity index (χ1) is 9.65. The Kier molecular flexibility index (Phi) is 7.77. The van der Waals surface area contributed by atoms with Crippen molar-refractivity contribution in [1.29, 1.82) is 0 Å². The van der Waals surface area contributed by atoms with Gasteiger partial charge in [-0.3, -0.25) is 0 Å². The van der Waals surface area contributed by atoms with Gasteiger partial charge in [-0.1, -0.05) is 31.2 Å². The van der Waals surface area contributed by atoms with E-state index in [4.69, 9.17) is 24.9 Å². The monoisotopic (exact) mass is 316 g/mol. The third-order valence-electron chi connectivity index (χ3n) is 3.23. The Morgan fingerprint density at radius 1 is 1.00 bits per heavy atom. The van der Waals surface area contributed by atoms with Gasteiger partial charge in [0, 0.05) is 25.7 Å². The van der Waals surface area contributed by atoms with Crippen molar-refractivity contribution in [2.75, 3.05) is 19.8 Å². The molecule has 0 fully saturated rings. The Morgan fingerprint density at radius 2 is 1.50 bits per heavy atom. The summed E-state index contributed by atoms with van der Waals surface area (Å²) in [4.78, 5) is 0. The van der Waals surface area contributed by atoms with Crippen LogP contribution in [-0.4, -0.2) is 28.6 Å². The molecule has 0 saturated heterocycles. The summed E-state index contributed by atoms with van der Waals surface area (Å²) < 4.78 is 17.9. The zero-order chi connectivity index (χ0) is 15.0. The van der Waals surface area contributed by atoms with E-state index in [0.717, 1.165) is 11.1 Å². The lowest BCUT2D eigenvalue weighted by atomic mass is 10.1. The summed E-state index contributed by atoms with van der Waals surface area (Å²) in [5.74, 6) is 0.482. The maximum atomic E-state index is 6.05. The normalized spacial score (nSPS) is 13.4. The smallest absolute Gasteiger partial charge is 0.373 e. The van der Waals surface area contributed by atoms with Crippen molar-refractivity contribution in [2.45, 2.75) is 39.1 Å². The molecule has 1 unspecified atom stereocenters. The number of halogens is 1. The summed E-state index contributed by atoms with van der Waals surface area (Å²) in [6.07, 6.45) is 0. The van der Waals surface area contributed by atoms with Crippen LogP contribution in [0.25, 0.3) is 0 Å². The molecule has 0 N–H and O–H groups in total. The summed E-state index contributed by atoms with van der Waals surface area (Å²) in [7, 11) is -2.75. The second-order valence-electron chi connectivity index (χ2n) is 4.46. The minimum Gasteiger partial charge on any atom is -0.373 e. The minimum absolute atomic E-state index is 0.0669. The average Bonchev–Trinajstić information content (AvgIpc) is 2.47. The Labute approximate surface area is 128 Å². The molecular formula is C15H25ClO3Si. The summed E-state index contributed by atoms with van der Waals surface area (Å²) in [5.41, 5.74) is 2.33. The molecule has 20 heavy (non-hydrogen) atoms. The molecule has 0 heterocycles. The van der Waals surface area contributed by atoms with Crippen molar-refractivity contribution in [3.8, 4) is 0 Å². The summed E-state index contributed by atoms with van der Waals surface area (Å²) in [5, 5.41) is 0. The average molecular weight is 317 g/mol. The fraction of sp³-hybridized carbons (Fsp3) is 0.600. The molecule has 0 aliphatic rings. The van der Waals surface area contributed by atoms with Crippen LogP contribution >= 0.6 is 11.6 Å². The standard InChI is InChI=1S/C15H25ClO3Si/c1-5-17-20(18-6-2,19-7-3)13(4)15-11-9-8-10-14(15)12-16/h8-11,13H,5-7,12H2,1-4H3. The topological polar surface area (TPSA) is 27.7 Å². The Hall–Kier alpha value is -0.393. The van der Waals surface area contributed by atoms with E-state index in [1.165, 1.54) is 0 Å². The number of rotatable bonds is 9. The fourth-order valence-corrected chi connectivity index (χ4v) is 5.49. The SMILES string of the molecule is CCO[Si](OCC)(OCC)C(C)c1ccccc1CCl. The van der Waals surface area contributed by atoms with E-state index < -0.39 is 8.80 Å². The molecule has 0 aliphatic heterocycles. The van der Waals surface area contributed by atoms with Crippen LogP contribution in [0, 0.1) is 0 Å². The van der Waals surface area contributed by atoms with E-state index in [2.05, 4.69) is 13.0 Å². The zero-order valence-electron chi connectivity index (χ0n) is 12.8. The first-order valence-corrected chi connectivity index (χ1v) is 9.54. The number of benzene rings is 1. The van der Waals surface area contributed by atoms with Crippen LogP contribution in [0.1, 0.15) is 44.4 Å². The van der Waals surface area contributed by atoms with Crippen molar-refractivity contribution in [2.24, 2.45) is 0 Å². The highest BCUT2D eigenvalue weighted by molar-refractivity contribution is 6.62. The van der Waals surface area contributed by atoms with Crippen LogP contribution in [0.3, 0.4) is 0 Å². The third kappa shape index (κ3) is 4.05. The Balaban J connectivity index is 3.16. The quantitative estimate of drug-likeness (QED) is 0.507. The van der Waals surface area contributed by atoms with Crippen LogP contribution in [0.2, 0.25) is 0 Å². The van der Waals surface area contributed by atoms with Crippen molar-refractivity contribution in [3.05, 3.63) is 35.4 Å². The molecule has 0 aromatic heterocycles. The number of alkyl halides is 1. The molecule has 3 nitrogen and oxygen atoms in total. The van der Waals surface area contributed by atoms with Gasteiger partial charge in [0.1, 0.15) is 0 Å². The van der Waals surface area contributed by atoms with Crippen molar-refractivity contribution >= 4 is 20.4 Å². The highest BCUT2D eigenvalue weighted by Crippen LogP contribution is 2.32. The second kappa shape index (κ2) is 8.80. The van der Waals surface area contributed by atoms with Crippen molar-refractivity contribution in [3.63, 3.8) is 0 Å². The van der Waals surface area contributed by atoms with E-state index in [-0.39, 0.29) is 5.54 Å². The van der Waals surface area contributed by atoms with Gasteiger partial charge in [-0.15, -0.1) is 11.6 Å². The number of hydrogen-bond donors (Lipinski definition) is 0. The lowest BCUT2D eigenvalue weighted by molar-refractivity contribution is 0.0633. The summed E-state index contributed by atoms with van der Waals surface area (Å²) in [6.45, 7) is 9.78. The molecule has 1 aromatic rings. The molecule has 0 aliphatic carbocycles. The lowest BCUT2D eigenvalue weighted by Crippen LogP contribution is -2.51. The van der Waals surface area contributed by atoms with Gasteiger partial charge < -0.3 is 13.3 Å². The van der Waals surface area contributed by atoms with Gasteiger partial charge in [-0.2, -0.15) is 0 Å². The van der Waals surface area contributed by atoms with Gasteiger partial charge in [0.05, 0.1) is 5.54 Å². The largest absolute Gasteiger partial charge is 0.508 e. The second-order valence-corrected chi connectivity index (χ2v) is 7.66. The maximum Gasteiger partial charge on any atom is 0.508 e. The molecular weight excluding hydrogens is 292 g/mol. The highest BCUT2D eigenvalue weighted by Gasteiger charge is 2.48. The van der Waals surface area contributed by atoms with E-state index in [0.29, 0.717) is 25.7 Å². The van der Waals surface area contributed by atoms with E-state index in [1.807, 2.05) is 39.0 Å². The Morgan fingerprint density at radius 3 is 1.95 bits per heavy atom. The molecule has 0 amide bonds. The molecule has 1 aromatic carbocycles. The molecule has 0 radical (unpaired) electrons. The maximum absolute atomic E-state index is 6.05. The van der Waals surface area contributed by atoms with Crippen LogP contribution in [0.15, 0.2) is 24.3 Å². The number of hydrogen-bond acceptors (Lipinski definition) is 3. The van der Waals surface area contributed by atoms with Crippen LogP contribution in [-0.2, 0) is 19.2 Å². The van der Waals surface area contributed by atoms with E-state index >= 15 is 0 Å². The first kappa shape index (κ1) is 17.7. The van der Waals surface area contributed by atoms with Gasteiger partial charge in [0.25, 0.3) is 0 Å². The van der Waals surface area contributed by atoms with Crippen LogP contribution in [0.5, 0.6) is 0 Å². The molecule has 0 spiro atoms. The van der Waals surface area contributed by atoms with Crippen molar-refractivity contribution < 1.29 is 13.3 Å². The van der Waals surface area contributed by atoms with Gasteiger partial charge in [-0.05, 0) is 31.9 Å².